The van der Waals surface area contributed by atoms with Gasteiger partial charge in [0.15, 0.2) is 10.2 Å². The molecule has 0 aliphatic rings. The van der Waals surface area contributed by atoms with Crippen LogP contribution in [0.3, 0.4) is 0 Å². The van der Waals surface area contributed by atoms with E-state index in [4.69, 9.17) is 0 Å². The molecule has 20 heavy (non-hydrogen) atoms. The molecular formula is C11H17N5O2S2. The Labute approximate surface area is 121 Å². The van der Waals surface area contributed by atoms with Gasteiger partial charge in [0, 0.05) is 23.5 Å². The molecule has 2 rings (SSSR count). The van der Waals surface area contributed by atoms with Crippen LogP contribution < -0.4 is 10.0 Å². The molecule has 0 atom stereocenters. The van der Waals surface area contributed by atoms with E-state index in [-0.39, 0.29) is 11.1 Å². The average molecular weight is 315 g/mol. The largest absolute Gasteiger partial charge is 0.310 e. The first kappa shape index (κ1) is 14.9. The zero-order valence-electron chi connectivity index (χ0n) is 11.5. The summed E-state index contributed by atoms with van der Waals surface area (Å²) in [7, 11) is -3.70. The molecule has 0 bridgehead atoms. The van der Waals surface area contributed by atoms with Gasteiger partial charge in [0.05, 0.1) is 11.9 Å². The van der Waals surface area contributed by atoms with Gasteiger partial charge in [-0.25, -0.2) is 4.98 Å². The topological polar surface area (TPSA) is 99.8 Å². The minimum absolute atomic E-state index is 0.0681. The third kappa shape index (κ3) is 3.56. The van der Waals surface area contributed by atoms with Gasteiger partial charge < -0.3 is 5.32 Å². The van der Waals surface area contributed by atoms with E-state index in [0.29, 0.717) is 17.2 Å². The molecule has 9 heteroatoms. The van der Waals surface area contributed by atoms with E-state index in [1.165, 1.54) is 17.5 Å². The van der Waals surface area contributed by atoms with Crippen molar-refractivity contribution in [2.24, 2.45) is 0 Å². The van der Waals surface area contributed by atoms with Crippen molar-refractivity contribution in [1.82, 2.24) is 20.5 Å². The number of sulfonamides is 1. The first-order valence-corrected chi connectivity index (χ1v) is 8.45. The maximum Gasteiger partial charge on any atom is 0.280 e. The fraction of sp³-hybridized carbons (Fsp3) is 0.455. The van der Waals surface area contributed by atoms with Crippen molar-refractivity contribution in [2.75, 3.05) is 4.72 Å². The molecule has 0 aromatic carbocycles. The van der Waals surface area contributed by atoms with Crippen LogP contribution in [0.2, 0.25) is 0 Å². The molecule has 0 aliphatic heterocycles. The van der Waals surface area contributed by atoms with Gasteiger partial charge in [0.1, 0.15) is 0 Å². The van der Waals surface area contributed by atoms with Crippen molar-refractivity contribution in [1.29, 1.82) is 0 Å². The van der Waals surface area contributed by atoms with Crippen molar-refractivity contribution in [2.45, 2.75) is 38.4 Å². The van der Waals surface area contributed by atoms with Crippen LogP contribution in [-0.4, -0.2) is 29.6 Å². The third-order valence-electron chi connectivity index (χ3n) is 2.49. The molecule has 0 aliphatic carbocycles. The average Bonchev–Trinajstić information content (AvgIpc) is 2.95. The number of aryl methyl sites for hydroxylation is 1. The number of thiazole rings is 1. The Balaban J connectivity index is 2.19. The highest BCUT2D eigenvalue weighted by atomic mass is 32.2. The SMILES string of the molecule is Cc1csc(NS(=O)(=O)c2[nH]ncc2CNC(C)C)n1. The van der Waals surface area contributed by atoms with Gasteiger partial charge in [-0.3, -0.25) is 9.82 Å². The number of nitrogens with one attached hydrogen (secondary N) is 3. The Morgan fingerprint density at radius 1 is 1.45 bits per heavy atom. The van der Waals surface area contributed by atoms with Gasteiger partial charge in [-0.1, -0.05) is 13.8 Å². The molecule has 7 nitrogen and oxygen atoms in total. The molecule has 0 saturated carbocycles. The molecule has 2 heterocycles. The highest BCUT2D eigenvalue weighted by Crippen LogP contribution is 2.20. The predicted molar refractivity (Wildman–Crippen MR) is 78.2 cm³/mol. The lowest BCUT2D eigenvalue weighted by Gasteiger charge is -2.09. The lowest BCUT2D eigenvalue weighted by atomic mass is 10.3. The predicted octanol–water partition coefficient (Wildman–Crippen LogP) is 1.47. The smallest absolute Gasteiger partial charge is 0.280 e. The molecule has 0 saturated heterocycles. The zero-order valence-corrected chi connectivity index (χ0v) is 13.1. The minimum atomic E-state index is -3.70. The molecule has 2 aromatic heterocycles. The second kappa shape index (κ2) is 5.90. The quantitative estimate of drug-likeness (QED) is 0.749. The van der Waals surface area contributed by atoms with E-state index in [2.05, 4.69) is 25.2 Å². The second-order valence-corrected chi connectivity index (χ2v) is 7.14. The van der Waals surface area contributed by atoms with Gasteiger partial charge >= 0.3 is 0 Å². The van der Waals surface area contributed by atoms with Crippen LogP contribution in [0.5, 0.6) is 0 Å². The van der Waals surface area contributed by atoms with Crippen LogP contribution in [0.4, 0.5) is 5.13 Å². The van der Waals surface area contributed by atoms with Gasteiger partial charge in [-0.05, 0) is 6.92 Å². The summed E-state index contributed by atoms with van der Waals surface area (Å²) in [6.45, 7) is 6.22. The highest BCUT2D eigenvalue weighted by molar-refractivity contribution is 7.92. The number of rotatable bonds is 6. The summed E-state index contributed by atoms with van der Waals surface area (Å²) >= 11 is 1.25. The Morgan fingerprint density at radius 3 is 2.80 bits per heavy atom. The molecule has 0 fully saturated rings. The van der Waals surface area contributed by atoms with E-state index in [9.17, 15) is 8.42 Å². The number of anilines is 1. The maximum absolute atomic E-state index is 12.3. The van der Waals surface area contributed by atoms with Crippen LogP contribution in [0, 0.1) is 6.92 Å². The summed E-state index contributed by atoms with van der Waals surface area (Å²) in [4.78, 5) is 4.09. The van der Waals surface area contributed by atoms with E-state index in [0.717, 1.165) is 5.69 Å². The van der Waals surface area contributed by atoms with Crippen LogP contribution in [0.1, 0.15) is 25.1 Å². The Kier molecular flexibility index (Phi) is 4.41. The van der Waals surface area contributed by atoms with Gasteiger partial charge in [0.25, 0.3) is 10.0 Å². The van der Waals surface area contributed by atoms with Crippen LogP contribution in [0.15, 0.2) is 16.6 Å². The summed E-state index contributed by atoms with van der Waals surface area (Å²) in [5, 5.41) is 11.7. The third-order valence-corrected chi connectivity index (χ3v) is 4.85. The van der Waals surface area contributed by atoms with Crippen molar-refractivity contribution < 1.29 is 8.42 Å². The van der Waals surface area contributed by atoms with Gasteiger partial charge in [-0.15, -0.1) is 11.3 Å². The molecule has 0 spiro atoms. The number of nitrogens with zero attached hydrogens (tertiary/aromatic N) is 2. The standard InChI is InChI=1S/C11H17N5O2S2/c1-7(2)12-4-9-5-13-15-10(9)20(17,18)16-11-14-8(3)6-19-11/h5-7,12H,4H2,1-3H3,(H,13,15)(H,14,16). The molecule has 0 amide bonds. The molecule has 0 radical (unpaired) electrons. The number of hydrogen-bond acceptors (Lipinski definition) is 6. The first-order valence-electron chi connectivity index (χ1n) is 6.09. The highest BCUT2D eigenvalue weighted by Gasteiger charge is 2.22. The fourth-order valence-corrected chi connectivity index (χ4v) is 3.61. The molecule has 3 N–H and O–H groups in total. The van der Waals surface area contributed by atoms with Crippen molar-refractivity contribution in [3.8, 4) is 0 Å². The van der Waals surface area contributed by atoms with E-state index >= 15 is 0 Å². The Morgan fingerprint density at radius 2 is 2.20 bits per heavy atom. The summed E-state index contributed by atoms with van der Waals surface area (Å²) < 4.78 is 27.0. The number of hydrogen-bond donors (Lipinski definition) is 3. The van der Waals surface area contributed by atoms with E-state index in [1.807, 2.05) is 20.8 Å². The monoisotopic (exact) mass is 315 g/mol. The van der Waals surface area contributed by atoms with E-state index < -0.39 is 10.0 Å². The number of H-pyrrole nitrogens is 1. The lowest BCUT2D eigenvalue weighted by Crippen LogP contribution is -2.23. The second-order valence-electron chi connectivity index (χ2n) is 4.66. The van der Waals surface area contributed by atoms with Crippen LogP contribution >= 0.6 is 11.3 Å². The van der Waals surface area contributed by atoms with Crippen molar-refractivity contribution in [3.63, 3.8) is 0 Å². The molecule has 110 valence electrons. The summed E-state index contributed by atoms with van der Waals surface area (Å²) in [6, 6.07) is 0.259. The normalized spacial score (nSPS) is 12.0. The van der Waals surface area contributed by atoms with Crippen molar-refractivity contribution in [3.05, 3.63) is 22.8 Å². The minimum Gasteiger partial charge on any atom is -0.310 e. The molecule has 0 unspecified atom stereocenters. The summed E-state index contributed by atoms with van der Waals surface area (Å²) in [5.41, 5.74) is 1.37. The van der Waals surface area contributed by atoms with Gasteiger partial charge in [-0.2, -0.15) is 13.5 Å². The number of aromatic amines is 1. The molecular weight excluding hydrogens is 298 g/mol. The first-order chi connectivity index (χ1) is 9.38. The zero-order chi connectivity index (χ0) is 14.8. The number of aromatic nitrogens is 3. The molecule has 2 aromatic rings. The van der Waals surface area contributed by atoms with Crippen LogP contribution in [-0.2, 0) is 16.6 Å². The van der Waals surface area contributed by atoms with Crippen LogP contribution in [0.25, 0.3) is 0 Å². The Hall–Kier alpha value is -1.45. The summed E-state index contributed by atoms with van der Waals surface area (Å²) in [6.07, 6.45) is 1.51. The van der Waals surface area contributed by atoms with Gasteiger partial charge in [0.2, 0.25) is 0 Å². The lowest BCUT2D eigenvalue weighted by molar-refractivity contribution is 0.574. The fourth-order valence-electron chi connectivity index (χ4n) is 1.54. The Bertz CT molecular complexity index is 675. The summed E-state index contributed by atoms with van der Waals surface area (Å²) in [5.74, 6) is 0. The maximum atomic E-state index is 12.3. The van der Waals surface area contributed by atoms with Crippen molar-refractivity contribution >= 4 is 26.5 Å². The van der Waals surface area contributed by atoms with E-state index in [1.54, 1.807) is 5.38 Å².